The maximum atomic E-state index is 12.1. The monoisotopic (exact) mass is 293 g/mol. The van der Waals surface area contributed by atoms with Crippen LogP contribution in [0.1, 0.15) is 36.8 Å². The van der Waals surface area contributed by atoms with E-state index in [-0.39, 0.29) is 0 Å². The summed E-state index contributed by atoms with van der Waals surface area (Å²) < 4.78 is 0. The third-order valence-corrected chi connectivity index (χ3v) is 4.35. The molecule has 2 heteroatoms. The molecule has 0 radical (unpaired) electrons. The van der Waals surface area contributed by atoms with E-state index in [1.165, 1.54) is 28.7 Å². The lowest BCUT2D eigenvalue weighted by atomic mass is 10.0. The molecule has 1 fully saturated rings. The van der Waals surface area contributed by atoms with Crippen LogP contribution in [0.15, 0.2) is 48.5 Å². The number of hydrogen-bond acceptors (Lipinski definition) is 1. The molecule has 0 aromatic heterocycles. The second-order valence-corrected chi connectivity index (χ2v) is 6.19. The van der Waals surface area contributed by atoms with Crippen molar-refractivity contribution in [3.8, 4) is 11.1 Å². The summed E-state index contributed by atoms with van der Waals surface area (Å²) in [6, 6.07) is 17.2. The highest BCUT2D eigenvalue weighted by atomic mass is 16.2. The van der Waals surface area contributed by atoms with Gasteiger partial charge in [0.05, 0.1) is 0 Å². The maximum Gasteiger partial charge on any atom is 0.222 e. The Hall–Kier alpha value is -2.09. The SMILES string of the molecule is Cc1cccc(-c2ccc(CN3CCCCCC3=O)cc2)c1. The van der Waals surface area contributed by atoms with Crippen molar-refractivity contribution in [3.63, 3.8) is 0 Å². The fraction of sp³-hybridized carbons (Fsp3) is 0.350. The van der Waals surface area contributed by atoms with Crippen LogP contribution in [-0.4, -0.2) is 17.4 Å². The molecule has 1 saturated heterocycles. The van der Waals surface area contributed by atoms with Crippen LogP contribution in [0, 0.1) is 6.92 Å². The highest BCUT2D eigenvalue weighted by molar-refractivity contribution is 5.76. The molecule has 0 saturated carbocycles. The molecule has 0 unspecified atom stereocenters. The summed E-state index contributed by atoms with van der Waals surface area (Å²) in [5, 5.41) is 0. The Labute approximate surface area is 132 Å². The number of carbonyl (C=O) groups excluding carboxylic acids is 1. The van der Waals surface area contributed by atoms with E-state index in [0.717, 1.165) is 25.9 Å². The average Bonchev–Trinajstić information content (AvgIpc) is 2.73. The zero-order valence-electron chi connectivity index (χ0n) is 13.2. The molecule has 1 aliphatic rings. The van der Waals surface area contributed by atoms with Gasteiger partial charge >= 0.3 is 0 Å². The van der Waals surface area contributed by atoms with E-state index >= 15 is 0 Å². The molecular weight excluding hydrogens is 270 g/mol. The fourth-order valence-electron chi connectivity index (χ4n) is 3.05. The van der Waals surface area contributed by atoms with Gasteiger partial charge in [-0.05, 0) is 36.5 Å². The third kappa shape index (κ3) is 3.56. The predicted molar refractivity (Wildman–Crippen MR) is 90.5 cm³/mol. The minimum absolute atomic E-state index is 0.306. The summed E-state index contributed by atoms with van der Waals surface area (Å²) in [5.74, 6) is 0.306. The Morgan fingerprint density at radius 2 is 1.77 bits per heavy atom. The van der Waals surface area contributed by atoms with Crippen LogP contribution in [0.5, 0.6) is 0 Å². The van der Waals surface area contributed by atoms with Crippen molar-refractivity contribution >= 4 is 5.91 Å². The molecule has 2 aromatic carbocycles. The zero-order chi connectivity index (χ0) is 15.4. The smallest absolute Gasteiger partial charge is 0.222 e. The fourth-order valence-corrected chi connectivity index (χ4v) is 3.05. The quantitative estimate of drug-likeness (QED) is 0.812. The van der Waals surface area contributed by atoms with Crippen LogP contribution >= 0.6 is 0 Å². The van der Waals surface area contributed by atoms with E-state index in [2.05, 4.69) is 55.5 Å². The van der Waals surface area contributed by atoms with Crippen LogP contribution in [-0.2, 0) is 11.3 Å². The van der Waals surface area contributed by atoms with Crippen LogP contribution in [0.3, 0.4) is 0 Å². The highest BCUT2D eigenvalue weighted by Crippen LogP contribution is 2.22. The lowest BCUT2D eigenvalue weighted by molar-refractivity contribution is -0.131. The molecule has 114 valence electrons. The number of aryl methyl sites for hydroxylation is 1. The Bertz CT molecular complexity index is 645. The minimum Gasteiger partial charge on any atom is -0.338 e. The molecule has 1 amide bonds. The van der Waals surface area contributed by atoms with Gasteiger partial charge in [-0.2, -0.15) is 0 Å². The largest absolute Gasteiger partial charge is 0.338 e. The number of rotatable bonds is 3. The second kappa shape index (κ2) is 6.78. The molecule has 2 nitrogen and oxygen atoms in total. The number of benzene rings is 2. The number of nitrogens with zero attached hydrogens (tertiary/aromatic N) is 1. The van der Waals surface area contributed by atoms with E-state index in [4.69, 9.17) is 0 Å². The van der Waals surface area contributed by atoms with Crippen molar-refractivity contribution in [2.24, 2.45) is 0 Å². The number of amides is 1. The average molecular weight is 293 g/mol. The van der Waals surface area contributed by atoms with Crippen LogP contribution in [0.2, 0.25) is 0 Å². The Morgan fingerprint density at radius 1 is 0.955 bits per heavy atom. The second-order valence-electron chi connectivity index (χ2n) is 6.19. The Morgan fingerprint density at radius 3 is 2.55 bits per heavy atom. The van der Waals surface area contributed by atoms with Gasteiger partial charge in [-0.3, -0.25) is 4.79 Å². The molecule has 0 aliphatic carbocycles. The molecule has 1 aliphatic heterocycles. The van der Waals surface area contributed by atoms with Crippen molar-refractivity contribution in [3.05, 3.63) is 59.7 Å². The van der Waals surface area contributed by atoms with Gasteiger partial charge in [-0.15, -0.1) is 0 Å². The topological polar surface area (TPSA) is 20.3 Å². The van der Waals surface area contributed by atoms with Gasteiger partial charge < -0.3 is 4.90 Å². The number of carbonyl (C=O) groups is 1. The van der Waals surface area contributed by atoms with Gasteiger partial charge in [-0.1, -0.05) is 60.5 Å². The van der Waals surface area contributed by atoms with Gasteiger partial charge in [0.2, 0.25) is 5.91 Å². The van der Waals surface area contributed by atoms with Crippen LogP contribution in [0.25, 0.3) is 11.1 Å². The summed E-state index contributed by atoms with van der Waals surface area (Å²) in [4.78, 5) is 14.1. The summed E-state index contributed by atoms with van der Waals surface area (Å²) >= 11 is 0. The normalized spacial score (nSPS) is 15.7. The standard InChI is InChI=1S/C20H23NO/c1-16-6-5-7-19(14-16)18-11-9-17(10-12-18)15-21-13-4-2-3-8-20(21)22/h5-7,9-12,14H,2-4,8,13,15H2,1H3. The third-order valence-electron chi connectivity index (χ3n) is 4.35. The van der Waals surface area contributed by atoms with Crippen molar-refractivity contribution < 1.29 is 4.79 Å². The van der Waals surface area contributed by atoms with Gasteiger partial charge in [0.1, 0.15) is 0 Å². The molecule has 0 N–H and O–H groups in total. The van der Waals surface area contributed by atoms with E-state index in [0.29, 0.717) is 12.3 Å². The first-order chi connectivity index (χ1) is 10.7. The number of hydrogen-bond donors (Lipinski definition) is 0. The lowest BCUT2D eigenvalue weighted by Crippen LogP contribution is -2.29. The molecule has 0 bridgehead atoms. The molecule has 22 heavy (non-hydrogen) atoms. The number of likely N-dealkylation sites (tertiary alicyclic amines) is 1. The molecular formula is C20H23NO. The molecule has 0 spiro atoms. The first kappa shape index (κ1) is 14.8. The summed E-state index contributed by atoms with van der Waals surface area (Å²) in [6.45, 7) is 3.76. The van der Waals surface area contributed by atoms with Crippen molar-refractivity contribution in [2.45, 2.75) is 39.2 Å². The molecule has 2 aromatic rings. The predicted octanol–water partition coefficient (Wildman–Crippen LogP) is 4.56. The lowest BCUT2D eigenvalue weighted by Gasteiger charge is -2.20. The molecule has 0 atom stereocenters. The van der Waals surface area contributed by atoms with E-state index in [9.17, 15) is 4.79 Å². The first-order valence-corrected chi connectivity index (χ1v) is 8.16. The highest BCUT2D eigenvalue weighted by Gasteiger charge is 2.16. The summed E-state index contributed by atoms with van der Waals surface area (Å²) in [6.07, 6.45) is 4.06. The van der Waals surface area contributed by atoms with Gasteiger partial charge in [0.25, 0.3) is 0 Å². The van der Waals surface area contributed by atoms with E-state index in [1.54, 1.807) is 0 Å². The van der Waals surface area contributed by atoms with Crippen molar-refractivity contribution in [1.29, 1.82) is 0 Å². The Balaban J connectivity index is 1.72. The van der Waals surface area contributed by atoms with Crippen LogP contribution in [0.4, 0.5) is 0 Å². The summed E-state index contributed by atoms with van der Waals surface area (Å²) in [7, 11) is 0. The van der Waals surface area contributed by atoms with Gasteiger partial charge in [0, 0.05) is 19.5 Å². The molecule has 1 heterocycles. The van der Waals surface area contributed by atoms with Gasteiger partial charge in [0.15, 0.2) is 0 Å². The minimum atomic E-state index is 0.306. The zero-order valence-corrected chi connectivity index (χ0v) is 13.2. The Kier molecular flexibility index (Phi) is 4.57. The maximum absolute atomic E-state index is 12.1. The first-order valence-electron chi connectivity index (χ1n) is 8.16. The summed E-state index contributed by atoms with van der Waals surface area (Å²) in [5.41, 5.74) is 4.97. The van der Waals surface area contributed by atoms with Crippen LogP contribution < -0.4 is 0 Å². The van der Waals surface area contributed by atoms with Crippen molar-refractivity contribution in [2.75, 3.05) is 6.54 Å². The van der Waals surface area contributed by atoms with Gasteiger partial charge in [-0.25, -0.2) is 0 Å². The van der Waals surface area contributed by atoms with E-state index in [1.807, 2.05) is 4.90 Å². The van der Waals surface area contributed by atoms with Crippen molar-refractivity contribution in [1.82, 2.24) is 4.90 Å². The van der Waals surface area contributed by atoms with E-state index < -0.39 is 0 Å². The molecule has 3 rings (SSSR count).